The van der Waals surface area contributed by atoms with Crippen molar-refractivity contribution in [2.75, 3.05) is 5.32 Å². The number of nitrogens with zero attached hydrogens (tertiary/aromatic N) is 3. The average molecular weight is 234 g/mol. The molecule has 16 heavy (non-hydrogen) atoms. The van der Waals surface area contributed by atoms with Crippen LogP contribution in [0.25, 0.3) is 0 Å². The summed E-state index contributed by atoms with van der Waals surface area (Å²) in [6.07, 6.45) is 0.925. The molecule has 2 rings (SSSR count). The van der Waals surface area contributed by atoms with E-state index < -0.39 is 0 Å². The number of anilines is 1. The van der Waals surface area contributed by atoms with Crippen LogP contribution in [0.5, 0.6) is 0 Å². The number of hydrogen-bond acceptors (Lipinski definition) is 5. The van der Waals surface area contributed by atoms with E-state index in [1.165, 1.54) is 0 Å². The lowest BCUT2D eigenvalue weighted by atomic mass is 10.3. The van der Waals surface area contributed by atoms with Crippen LogP contribution in [-0.2, 0) is 13.0 Å². The molecule has 2 aromatic heterocycles. The van der Waals surface area contributed by atoms with E-state index in [-0.39, 0.29) is 0 Å². The van der Waals surface area contributed by atoms with Gasteiger partial charge in [0, 0.05) is 17.1 Å². The summed E-state index contributed by atoms with van der Waals surface area (Å²) in [5.74, 6) is 1.68. The van der Waals surface area contributed by atoms with Crippen LogP contribution in [0.15, 0.2) is 17.0 Å². The van der Waals surface area contributed by atoms with Gasteiger partial charge in [-0.15, -0.1) is 11.3 Å². The van der Waals surface area contributed by atoms with Gasteiger partial charge in [0.25, 0.3) is 0 Å². The topological polar surface area (TPSA) is 50.7 Å². The number of aryl methyl sites for hydroxylation is 2. The Morgan fingerprint density at radius 1 is 1.31 bits per heavy atom. The highest BCUT2D eigenvalue weighted by Crippen LogP contribution is 2.09. The van der Waals surface area contributed by atoms with Gasteiger partial charge >= 0.3 is 0 Å². The number of rotatable bonds is 4. The third-order valence-corrected chi connectivity index (χ3v) is 2.82. The summed E-state index contributed by atoms with van der Waals surface area (Å²) in [6.45, 7) is 4.71. The molecule has 4 nitrogen and oxygen atoms in total. The van der Waals surface area contributed by atoms with Crippen LogP contribution in [0.4, 0.5) is 5.82 Å². The lowest BCUT2D eigenvalue weighted by molar-refractivity contribution is 0.937. The van der Waals surface area contributed by atoms with Crippen LogP contribution in [0.1, 0.15) is 24.1 Å². The largest absolute Gasteiger partial charge is 0.364 e. The zero-order valence-corrected chi connectivity index (χ0v) is 10.2. The first-order valence-electron chi connectivity index (χ1n) is 5.23. The van der Waals surface area contributed by atoms with Gasteiger partial charge in [-0.3, -0.25) is 0 Å². The second kappa shape index (κ2) is 5.03. The number of hydrogen-bond donors (Lipinski definition) is 1. The third kappa shape index (κ3) is 2.76. The predicted molar refractivity (Wildman–Crippen MR) is 65.6 cm³/mol. The summed E-state index contributed by atoms with van der Waals surface area (Å²) >= 11 is 1.60. The molecule has 0 atom stereocenters. The van der Waals surface area contributed by atoms with Crippen molar-refractivity contribution in [2.45, 2.75) is 26.8 Å². The van der Waals surface area contributed by atoms with Gasteiger partial charge in [-0.25, -0.2) is 15.0 Å². The number of nitrogens with one attached hydrogen (secondary N) is 1. The molecule has 5 heteroatoms. The maximum Gasteiger partial charge on any atom is 0.130 e. The Morgan fingerprint density at radius 2 is 2.19 bits per heavy atom. The molecule has 0 saturated heterocycles. The average Bonchev–Trinajstić information content (AvgIpc) is 2.78. The smallest absolute Gasteiger partial charge is 0.130 e. The van der Waals surface area contributed by atoms with E-state index in [2.05, 4.69) is 27.2 Å². The minimum atomic E-state index is 0.711. The van der Waals surface area contributed by atoms with Crippen LogP contribution >= 0.6 is 11.3 Å². The van der Waals surface area contributed by atoms with Gasteiger partial charge in [-0.05, 0) is 13.3 Å². The van der Waals surface area contributed by atoms with Crippen LogP contribution in [0.2, 0.25) is 0 Å². The lowest BCUT2D eigenvalue weighted by Gasteiger charge is -2.06. The molecular formula is C11H14N4S. The Morgan fingerprint density at radius 3 is 2.88 bits per heavy atom. The van der Waals surface area contributed by atoms with E-state index in [4.69, 9.17) is 0 Å². The molecule has 0 amide bonds. The fraction of sp³-hybridized carbons (Fsp3) is 0.364. The molecule has 0 unspecified atom stereocenters. The van der Waals surface area contributed by atoms with Gasteiger partial charge in [0.05, 0.1) is 17.7 Å². The van der Waals surface area contributed by atoms with Crippen molar-refractivity contribution in [1.29, 1.82) is 0 Å². The van der Waals surface area contributed by atoms with Gasteiger partial charge in [0.1, 0.15) is 11.6 Å². The predicted octanol–water partition coefficient (Wildman–Crippen LogP) is 2.42. The normalized spacial score (nSPS) is 10.4. The molecule has 0 saturated carbocycles. The Labute approximate surface area is 98.8 Å². The highest BCUT2D eigenvalue weighted by molar-refractivity contribution is 7.07. The van der Waals surface area contributed by atoms with Gasteiger partial charge in [-0.2, -0.15) is 0 Å². The number of aromatic nitrogens is 3. The molecule has 0 aliphatic rings. The Balaban J connectivity index is 2.06. The molecule has 0 aliphatic carbocycles. The van der Waals surface area contributed by atoms with E-state index in [9.17, 15) is 0 Å². The molecule has 0 aromatic carbocycles. The summed E-state index contributed by atoms with van der Waals surface area (Å²) in [6, 6.07) is 1.99. The van der Waals surface area contributed by atoms with Crippen molar-refractivity contribution in [3.8, 4) is 0 Å². The van der Waals surface area contributed by atoms with Gasteiger partial charge < -0.3 is 5.32 Å². The molecule has 0 aliphatic heterocycles. The monoisotopic (exact) mass is 234 g/mol. The zero-order valence-electron chi connectivity index (χ0n) is 9.40. The summed E-state index contributed by atoms with van der Waals surface area (Å²) in [5, 5.41) is 5.29. The molecule has 0 spiro atoms. The quantitative estimate of drug-likeness (QED) is 0.882. The Hall–Kier alpha value is -1.49. The molecule has 2 heterocycles. The van der Waals surface area contributed by atoms with E-state index in [0.717, 1.165) is 29.5 Å². The minimum Gasteiger partial charge on any atom is -0.364 e. The molecule has 2 aromatic rings. The summed E-state index contributed by atoms with van der Waals surface area (Å²) in [5.41, 5.74) is 3.94. The molecular weight excluding hydrogens is 220 g/mol. The van der Waals surface area contributed by atoms with Crippen LogP contribution in [-0.4, -0.2) is 15.0 Å². The second-order valence-electron chi connectivity index (χ2n) is 3.48. The fourth-order valence-corrected chi connectivity index (χ4v) is 1.97. The molecule has 84 valence electrons. The fourth-order valence-electron chi connectivity index (χ4n) is 1.41. The first kappa shape index (κ1) is 11.0. The number of thiazole rings is 1. The SMILES string of the molecule is CCc1cc(NCc2cscn2)nc(C)n1. The van der Waals surface area contributed by atoms with E-state index in [0.29, 0.717) is 6.54 Å². The zero-order chi connectivity index (χ0) is 11.4. The van der Waals surface area contributed by atoms with Crippen molar-refractivity contribution in [1.82, 2.24) is 15.0 Å². The summed E-state index contributed by atoms with van der Waals surface area (Å²) in [7, 11) is 0. The molecule has 0 fully saturated rings. The van der Waals surface area contributed by atoms with Crippen LogP contribution in [0.3, 0.4) is 0 Å². The minimum absolute atomic E-state index is 0.711. The van der Waals surface area contributed by atoms with Crippen LogP contribution < -0.4 is 5.32 Å². The highest BCUT2D eigenvalue weighted by Gasteiger charge is 2.01. The van der Waals surface area contributed by atoms with Crippen molar-refractivity contribution < 1.29 is 0 Å². The molecule has 0 radical (unpaired) electrons. The van der Waals surface area contributed by atoms with Gasteiger partial charge in [0.15, 0.2) is 0 Å². The van der Waals surface area contributed by atoms with E-state index in [1.807, 2.05) is 23.9 Å². The third-order valence-electron chi connectivity index (χ3n) is 2.19. The first-order valence-corrected chi connectivity index (χ1v) is 6.17. The van der Waals surface area contributed by atoms with E-state index in [1.54, 1.807) is 11.3 Å². The summed E-state index contributed by atoms with van der Waals surface area (Å²) in [4.78, 5) is 12.9. The maximum atomic E-state index is 4.33. The maximum absolute atomic E-state index is 4.33. The first-order chi connectivity index (χ1) is 7.78. The Bertz CT molecular complexity index is 453. The second-order valence-corrected chi connectivity index (χ2v) is 4.20. The standard InChI is InChI=1S/C11H14N4S/c1-3-9-4-11(15-8(2)14-9)12-5-10-6-16-7-13-10/h4,6-7H,3,5H2,1-2H3,(H,12,14,15). The van der Waals surface area contributed by atoms with E-state index >= 15 is 0 Å². The van der Waals surface area contributed by atoms with Gasteiger partial charge in [-0.1, -0.05) is 6.92 Å². The van der Waals surface area contributed by atoms with Crippen LogP contribution in [0, 0.1) is 6.92 Å². The van der Waals surface area contributed by atoms with Crippen molar-refractivity contribution in [2.24, 2.45) is 0 Å². The van der Waals surface area contributed by atoms with Crippen molar-refractivity contribution >= 4 is 17.2 Å². The lowest BCUT2D eigenvalue weighted by Crippen LogP contribution is -2.04. The molecule has 1 N–H and O–H groups in total. The molecule has 0 bridgehead atoms. The van der Waals surface area contributed by atoms with Crippen molar-refractivity contribution in [3.05, 3.63) is 34.2 Å². The summed E-state index contributed by atoms with van der Waals surface area (Å²) < 4.78 is 0. The highest BCUT2D eigenvalue weighted by atomic mass is 32.1. The van der Waals surface area contributed by atoms with Gasteiger partial charge in [0.2, 0.25) is 0 Å². The van der Waals surface area contributed by atoms with Crippen molar-refractivity contribution in [3.63, 3.8) is 0 Å². The Kier molecular flexibility index (Phi) is 3.46.